The van der Waals surface area contributed by atoms with Crippen molar-refractivity contribution in [2.24, 2.45) is 0 Å². The van der Waals surface area contributed by atoms with Crippen molar-refractivity contribution in [3.8, 4) is 11.5 Å². The topological polar surface area (TPSA) is 97.5 Å². The highest BCUT2D eigenvalue weighted by Crippen LogP contribution is 2.30. The Morgan fingerprint density at radius 2 is 2.17 bits per heavy atom. The fourth-order valence-electron chi connectivity index (χ4n) is 2.35. The minimum absolute atomic E-state index is 0. The molecule has 0 aliphatic carbocycles. The number of hydrogen-bond acceptors (Lipinski definition) is 5. The Balaban J connectivity index is 0.00000208. The van der Waals surface area contributed by atoms with Gasteiger partial charge in [-0.1, -0.05) is 11.6 Å². The molecule has 1 aliphatic heterocycles. The van der Waals surface area contributed by atoms with Gasteiger partial charge in [-0.05, 0) is 31.0 Å². The van der Waals surface area contributed by atoms with Gasteiger partial charge in [0.1, 0.15) is 11.9 Å². The monoisotopic (exact) mass is 377 g/mol. The van der Waals surface area contributed by atoms with E-state index in [2.05, 4.69) is 15.5 Å². The van der Waals surface area contributed by atoms with Crippen LogP contribution in [0.2, 0.25) is 5.02 Å². The summed E-state index contributed by atoms with van der Waals surface area (Å²) in [4.78, 5) is 10.6. The third-order valence-electron chi connectivity index (χ3n) is 3.49. The van der Waals surface area contributed by atoms with Gasteiger partial charge in [-0.15, -0.1) is 22.6 Å². The first kappa shape index (κ1) is 18.4. The first-order valence-corrected chi connectivity index (χ1v) is 7.30. The van der Waals surface area contributed by atoms with Gasteiger partial charge in [0.2, 0.25) is 11.8 Å². The Kier molecular flexibility index (Phi) is 5.98. The lowest BCUT2D eigenvalue weighted by Crippen LogP contribution is -2.40. The molecule has 2 atom stereocenters. The van der Waals surface area contributed by atoms with Crippen molar-refractivity contribution in [2.75, 3.05) is 6.61 Å². The standard InChI is InChI=1S/C14H13ClFN3O4.ClH/c15-9-3-1-7(5-10(9)16)12-18-19-13(23-12)11-4-2-8(6-22-11)17-14(20)21;/h1,3,5,8,11,17H,2,4,6H2,(H,20,21);1H/t8-,11+;/m1./s1. The van der Waals surface area contributed by atoms with Crippen LogP contribution >= 0.6 is 24.0 Å². The lowest BCUT2D eigenvalue weighted by Gasteiger charge is -2.26. The van der Waals surface area contributed by atoms with E-state index >= 15 is 0 Å². The predicted molar refractivity (Wildman–Crippen MR) is 84.8 cm³/mol. The lowest BCUT2D eigenvalue weighted by atomic mass is 10.1. The van der Waals surface area contributed by atoms with Crippen LogP contribution in [-0.4, -0.2) is 34.0 Å². The first-order chi connectivity index (χ1) is 11.0. The summed E-state index contributed by atoms with van der Waals surface area (Å²) in [6, 6.07) is 3.96. The lowest BCUT2D eigenvalue weighted by molar-refractivity contribution is -0.0173. The van der Waals surface area contributed by atoms with Crippen molar-refractivity contribution < 1.29 is 23.4 Å². The average Bonchev–Trinajstić information content (AvgIpc) is 3.00. The number of nitrogens with zero attached hydrogens (tertiary/aromatic N) is 2. The molecule has 3 rings (SSSR count). The Hall–Kier alpha value is -1.90. The number of carboxylic acid groups (broad SMARTS) is 1. The largest absolute Gasteiger partial charge is 0.465 e. The fourth-order valence-corrected chi connectivity index (χ4v) is 2.46. The van der Waals surface area contributed by atoms with E-state index in [-0.39, 0.29) is 41.9 Å². The van der Waals surface area contributed by atoms with E-state index in [1.165, 1.54) is 12.1 Å². The third kappa shape index (κ3) is 4.14. The molecule has 24 heavy (non-hydrogen) atoms. The molecule has 1 saturated heterocycles. The van der Waals surface area contributed by atoms with Gasteiger partial charge in [0, 0.05) is 5.56 Å². The summed E-state index contributed by atoms with van der Waals surface area (Å²) in [5, 5.41) is 18.9. The van der Waals surface area contributed by atoms with Gasteiger partial charge < -0.3 is 19.6 Å². The van der Waals surface area contributed by atoms with Crippen molar-refractivity contribution in [1.82, 2.24) is 15.5 Å². The molecule has 7 nitrogen and oxygen atoms in total. The molecule has 0 radical (unpaired) electrons. The van der Waals surface area contributed by atoms with Gasteiger partial charge in [-0.3, -0.25) is 0 Å². The van der Waals surface area contributed by atoms with E-state index in [0.717, 1.165) is 0 Å². The van der Waals surface area contributed by atoms with Crippen LogP contribution in [-0.2, 0) is 4.74 Å². The van der Waals surface area contributed by atoms with Crippen LogP contribution in [0.5, 0.6) is 0 Å². The maximum absolute atomic E-state index is 13.5. The van der Waals surface area contributed by atoms with Crippen molar-refractivity contribution in [1.29, 1.82) is 0 Å². The Morgan fingerprint density at radius 1 is 1.38 bits per heavy atom. The highest BCUT2D eigenvalue weighted by atomic mass is 35.5. The Morgan fingerprint density at radius 3 is 2.79 bits per heavy atom. The number of nitrogens with one attached hydrogen (secondary N) is 1. The van der Waals surface area contributed by atoms with Crippen LogP contribution < -0.4 is 5.32 Å². The van der Waals surface area contributed by atoms with Gasteiger partial charge in [-0.2, -0.15) is 0 Å². The van der Waals surface area contributed by atoms with Gasteiger partial charge in [0.05, 0.1) is 17.7 Å². The molecular weight excluding hydrogens is 364 g/mol. The minimum Gasteiger partial charge on any atom is -0.465 e. The molecule has 2 N–H and O–H groups in total. The maximum atomic E-state index is 13.5. The van der Waals surface area contributed by atoms with Crippen LogP contribution in [0.3, 0.4) is 0 Å². The SMILES string of the molecule is Cl.O=C(O)N[C@@H]1CC[C@@H](c2nnc(-c3ccc(Cl)c(F)c3)o2)OC1. The van der Waals surface area contributed by atoms with Crippen molar-refractivity contribution in [3.63, 3.8) is 0 Å². The van der Waals surface area contributed by atoms with Gasteiger partial charge >= 0.3 is 6.09 Å². The molecule has 1 aromatic heterocycles. The van der Waals surface area contributed by atoms with Gasteiger partial charge in [-0.25, -0.2) is 9.18 Å². The molecule has 10 heteroatoms. The molecule has 2 aromatic rings. The second-order valence-electron chi connectivity index (χ2n) is 5.12. The van der Waals surface area contributed by atoms with Crippen molar-refractivity contribution in [2.45, 2.75) is 25.0 Å². The molecule has 0 spiro atoms. The number of hydrogen-bond donors (Lipinski definition) is 2. The van der Waals surface area contributed by atoms with Gasteiger partial charge in [0.25, 0.3) is 0 Å². The zero-order valence-electron chi connectivity index (χ0n) is 12.2. The summed E-state index contributed by atoms with van der Waals surface area (Å²) in [6.45, 7) is 0.226. The van der Waals surface area contributed by atoms with Crippen LogP contribution in [0.15, 0.2) is 22.6 Å². The van der Waals surface area contributed by atoms with E-state index in [0.29, 0.717) is 18.4 Å². The number of amides is 1. The maximum Gasteiger partial charge on any atom is 0.404 e. The van der Waals surface area contributed by atoms with Crippen molar-refractivity contribution >= 4 is 30.1 Å². The quantitative estimate of drug-likeness (QED) is 0.849. The Labute approximate surface area is 147 Å². The van der Waals surface area contributed by atoms with Gasteiger partial charge in [0.15, 0.2) is 0 Å². The van der Waals surface area contributed by atoms with Crippen LogP contribution in [0.25, 0.3) is 11.5 Å². The molecule has 1 aromatic carbocycles. The normalized spacial score (nSPS) is 20.2. The number of carbonyl (C=O) groups is 1. The van der Waals surface area contributed by atoms with Crippen LogP contribution in [0.1, 0.15) is 24.8 Å². The molecule has 1 aliphatic rings. The second-order valence-corrected chi connectivity index (χ2v) is 5.53. The molecular formula is C14H14Cl2FN3O4. The fraction of sp³-hybridized carbons (Fsp3) is 0.357. The Bertz CT molecular complexity index is 720. The molecule has 1 amide bonds. The molecule has 0 bridgehead atoms. The molecule has 0 saturated carbocycles. The number of rotatable bonds is 3. The molecule has 0 unspecified atom stereocenters. The van der Waals surface area contributed by atoms with E-state index < -0.39 is 18.0 Å². The zero-order chi connectivity index (χ0) is 16.4. The van der Waals surface area contributed by atoms with Crippen LogP contribution in [0.4, 0.5) is 9.18 Å². The summed E-state index contributed by atoms with van der Waals surface area (Å²) >= 11 is 5.64. The van der Waals surface area contributed by atoms with E-state index in [1.807, 2.05) is 0 Å². The van der Waals surface area contributed by atoms with E-state index in [1.54, 1.807) is 6.07 Å². The number of aromatic nitrogens is 2. The summed E-state index contributed by atoms with van der Waals surface area (Å²) < 4.78 is 24.6. The smallest absolute Gasteiger partial charge is 0.404 e. The summed E-state index contributed by atoms with van der Waals surface area (Å²) in [7, 11) is 0. The summed E-state index contributed by atoms with van der Waals surface area (Å²) in [5.41, 5.74) is 0.423. The first-order valence-electron chi connectivity index (χ1n) is 6.93. The summed E-state index contributed by atoms with van der Waals surface area (Å²) in [6.07, 6.45) is -0.339. The highest BCUT2D eigenvalue weighted by Gasteiger charge is 2.28. The van der Waals surface area contributed by atoms with Crippen molar-refractivity contribution in [3.05, 3.63) is 34.9 Å². The van der Waals surface area contributed by atoms with E-state index in [9.17, 15) is 9.18 Å². The minimum atomic E-state index is -1.08. The second kappa shape index (κ2) is 7.78. The third-order valence-corrected chi connectivity index (χ3v) is 3.79. The molecule has 2 heterocycles. The number of ether oxygens (including phenoxy) is 1. The zero-order valence-corrected chi connectivity index (χ0v) is 13.8. The summed E-state index contributed by atoms with van der Waals surface area (Å²) in [5.74, 6) is -0.116. The van der Waals surface area contributed by atoms with E-state index in [4.69, 9.17) is 25.9 Å². The average molecular weight is 378 g/mol. The number of halogens is 3. The molecule has 1 fully saturated rings. The van der Waals surface area contributed by atoms with Crippen LogP contribution in [0, 0.1) is 5.82 Å². The number of benzene rings is 1. The highest BCUT2D eigenvalue weighted by molar-refractivity contribution is 6.30. The molecule has 130 valence electrons. The predicted octanol–water partition coefficient (Wildman–Crippen LogP) is 3.44.